The summed E-state index contributed by atoms with van der Waals surface area (Å²) >= 11 is 8.92. The van der Waals surface area contributed by atoms with Crippen LogP contribution in [0.1, 0.15) is 30.1 Å². The predicted octanol–water partition coefficient (Wildman–Crippen LogP) is 4.27. The molecule has 3 nitrogen and oxygen atoms in total. The molecule has 0 heterocycles. The van der Waals surface area contributed by atoms with Crippen molar-refractivity contribution in [1.82, 2.24) is 5.32 Å². The summed E-state index contributed by atoms with van der Waals surface area (Å²) in [6, 6.07) is 12.8. The summed E-state index contributed by atoms with van der Waals surface area (Å²) in [5.74, 6) is -0.319. The van der Waals surface area contributed by atoms with Crippen LogP contribution in [0.4, 0.5) is 0 Å². The zero-order valence-electron chi connectivity index (χ0n) is 12.2. The molecular weight excluding hydrogens is 366 g/mol. The molecule has 2 aromatic rings. The summed E-state index contributed by atoms with van der Waals surface area (Å²) < 4.78 is -0.411. The molecular formula is C17H17BrClNO2. The van der Waals surface area contributed by atoms with E-state index in [-0.39, 0.29) is 18.1 Å². The second-order valence-electron chi connectivity index (χ2n) is 5.06. The number of Topliss-reactive ketones (excluding diaryl/α,β-unsaturated/α-hetero) is 1. The first-order valence-corrected chi connectivity index (χ1v) is 8.47. The van der Waals surface area contributed by atoms with Gasteiger partial charge in [-0.1, -0.05) is 53.2 Å². The van der Waals surface area contributed by atoms with Gasteiger partial charge in [-0.05, 0) is 29.3 Å². The van der Waals surface area contributed by atoms with E-state index >= 15 is 0 Å². The number of amides is 1. The van der Waals surface area contributed by atoms with Crippen LogP contribution < -0.4 is 5.32 Å². The van der Waals surface area contributed by atoms with Crippen LogP contribution in [0.2, 0.25) is 0 Å². The topological polar surface area (TPSA) is 46.2 Å². The van der Waals surface area contributed by atoms with E-state index in [1.54, 1.807) is 6.07 Å². The first-order valence-electron chi connectivity index (χ1n) is 7.11. The van der Waals surface area contributed by atoms with Crippen LogP contribution in [0, 0.1) is 0 Å². The third-order valence-corrected chi connectivity index (χ3v) is 3.95. The summed E-state index contributed by atoms with van der Waals surface area (Å²) in [5, 5.41) is 4.86. The smallest absolute Gasteiger partial charge is 0.251 e. The van der Waals surface area contributed by atoms with Crippen molar-refractivity contribution in [3.63, 3.8) is 0 Å². The third kappa shape index (κ3) is 4.31. The fraction of sp³-hybridized carbons (Fsp3) is 0.294. The number of hydrogen-bond acceptors (Lipinski definition) is 2. The first kappa shape index (κ1) is 17.0. The Morgan fingerprint density at radius 1 is 1.18 bits per heavy atom. The van der Waals surface area contributed by atoms with Gasteiger partial charge in [-0.2, -0.15) is 0 Å². The molecule has 0 bridgehead atoms. The normalized spacial score (nSPS) is 13.6. The van der Waals surface area contributed by atoms with Gasteiger partial charge in [-0.25, -0.2) is 0 Å². The maximum Gasteiger partial charge on any atom is 0.251 e. The number of alkyl halides is 2. The highest BCUT2D eigenvalue weighted by Crippen LogP contribution is 2.16. The Balaban J connectivity index is 2.13. The van der Waals surface area contributed by atoms with E-state index in [1.165, 1.54) is 0 Å². The van der Waals surface area contributed by atoms with Crippen molar-refractivity contribution < 1.29 is 9.59 Å². The van der Waals surface area contributed by atoms with Crippen molar-refractivity contribution in [3.8, 4) is 0 Å². The molecule has 2 rings (SSSR count). The molecule has 2 aromatic carbocycles. The van der Waals surface area contributed by atoms with E-state index in [4.69, 9.17) is 11.6 Å². The highest BCUT2D eigenvalue weighted by atomic mass is 79.9. The highest BCUT2D eigenvalue weighted by Gasteiger charge is 2.21. The molecule has 2 atom stereocenters. The van der Waals surface area contributed by atoms with Crippen molar-refractivity contribution in [2.45, 2.75) is 30.1 Å². The molecule has 1 amide bonds. The number of nitrogens with one attached hydrogen (secondary N) is 1. The number of hydrogen-bond donors (Lipinski definition) is 1. The van der Waals surface area contributed by atoms with Crippen LogP contribution in [0.3, 0.4) is 0 Å². The quantitative estimate of drug-likeness (QED) is 0.759. The Labute approximate surface area is 143 Å². The van der Waals surface area contributed by atoms with Gasteiger partial charge in [0.05, 0.1) is 10.3 Å². The standard InChI is InChI=1S/C17H17BrClNO2/c1-2-14(15(21)10-16(18)19)20-17(22)13-8-7-11-5-3-4-6-12(11)9-13/h3-9,14,16H,2,10H2,1H3,(H,20,22). The van der Waals surface area contributed by atoms with E-state index in [1.807, 2.05) is 43.3 Å². The number of benzene rings is 2. The number of ketones is 1. The Bertz CT molecular complexity index is 687. The fourth-order valence-corrected chi connectivity index (χ4v) is 2.75. The fourth-order valence-electron chi connectivity index (χ4n) is 2.28. The molecule has 2 unspecified atom stereocenters. The second kappa shape index (κ2) is 7.75. The monoisotopic (exact) mass is 381 g/mol. The van der Waals surface area contributed by atoms with Crippen molar-refractivity contribution in [1.29, 1.82) is 0 Å². The van der Waals surface area contributed by atoms with Crippen LogP contribution in [-0.2, 0) is 4.79 Å². The predicted molar refractivity (Wildman–Crippen MR) is 93.7 cm³/mol. The average Bonchev–Trinajstić information content (AvgIpc) is 2.51. The molecule has 0 fully saturated rings. The van der Waals surface area contributed by atoms with Gasteiger partial charge in [0.15, 0.2) is 5.78 Å². The molecule has 0 saturated heterocycles. The van der Waals surface area contributed by atoms with E-state index in [9.17, 15) is 9.59 Å². The molecule has 0 radical (unpaired) electrons. The summed E-state index contributed by atoms with van der Waals surface area (Å²) in [5.41, 5.74) is 0.547. The molecule has 0 aromatic heterocycles. The lowest BCUT2D eigenvalue weighted by molar-refractivity contribution is -0.120. The van der Waals surface area contributed by atoms with Gasteiger partial charge in [0.2, 0.25) is 0 Å². The maximum atomic E-state index is 12.3. The highest BCUT2D eigenvalue weighted by molar-refractivity contribution is 9.10. The molecule has 0 aliphatic heterocycles. The molecule has 116 valence electrons. The lowest BCUT2D eigenvalue weighted by atomic mass is 10.0. The first-order chi connectivity index (χ1) is 10.5. The molecule has 1 N–H and O–H groups in total. The van der Waals surface area contributed by atoms with Crippen LogP contribution in [-0.4, -0.2) is 22.0 Å². The molecule has 0 saturated carbocycles. The number of carbonyl (C=O) groups excluding carboxylic acids is 2. The van der Waals surface area contributed by atoms with E-state index in [0.29, 0.717) is 12.0 Å². The van der Waals surface area contributed by atoms with Crippen molar-refractivity contribution in [2.75, 3.05) is 0 Å². The SMILES string of the molecule is CCC(NC(=O)c1ccc2ccccc2c1)C(=O)CC(Cl)Br. The zero-order chi connectivity index (χ0) is 16.1. The van der Waals surface area contributed by atoms with Crippen molar-refractivity contribution in [2.24, 2.45) is 0 Å². The summed E-state index contributed by atoms with van der Waals surface area (Å²) in [4.78, 5) is 24.4. The third-order valence-electron chi connectivity index (χ3n) is 3.47. The Kier molecular flexibility index (Phi) is 5.98. The Morgan fingerprint density at radius 2 is 1.86 bits per heavy atom. The minimum absolute atomic E-state index is 0.0754. The minimum Gasteiger partial charge on any atom is -0.342 e. The zero-order valence-corrected chi connectivity index (χ0v) is 14.5. The minimum atomic E-state index is -0.516. The molecule has 0 aliphatic carbocycles. The Hall–Kier alpha value is -1.39. The Morgan fingerprint density at radius 3 is 2.50 bits per heavy atom. The lowest BCUT2D eigenvalue weighted by Gasteiger charge is -2.16. The number of rotatable bonds is 6. The van der Waals surface area contributed by atoms with Gasteiger partial charge >= 0.3 is 0 Å². The summed E-state index contributed by atoms with van der Waals surface area (Å²) in [6.07, 6.45) is 0.715. The van der Waals surface area contributed by atoms with E-state index in [2.05, 4.69) is 21.2 Å². The lowest BCUT2D eigenvalue weighted by Crippen LogP contribution is -2.40. The van der Waals surface area contributed by atoms with Gasteiger partial charge in [-0.3, -0.25) is 9.59 Å². The van der Waals surface area contributed by atoms with Gasteiger partial charge < -0.3 is 5.32 Å². The largest absolute Gasteiger partial charge is 0.342 e. The van der Waals surface area contributed by atoms with Crippen LogP contribution >= 0.6 is 27.5 Å². The van der Waals surface area contributed by atoms with Crippen LogP contribution in [0.25, 0.3) is 10.8 Å². The number of carbonyl (C=O) groups is 2. The summed E-state index contributed by atoms with van der Waals surface area (Å²) in [6.45, 7) is 1.86. The number of fused-ring (bicyclic) bond motifs is 1. The van der Waals surface area contributed by atoms with Crippen molar-refractivity contribution in [3.05, 3.63) is 48.0 Å². The van der Waals surface area contributed by atoms with Gasteiger partial charge in [0.25, 0.3) is 5.91 Å². The van der Waals surface area contributed by atoms with Gasteiger partial charge in [-0.15, -0.1) is 11.6 Å². The molecule has 5 heteroatoms. The molecule has 22 heavy (non-hydrogen) atoms. The van der Waals surface area contributed by atoms with Crippen LogP contribution in [0.5, 0.6) is 0 Å². The van der Waals surface area contributed by atoms with Crippen LogP contribution in [0.15, 0.2) is 42.5 Å². The average molecular weight is 383 g/mol. The van der Waals surface area contributed by atoms with Gasteiger partial charge in [0, 0.05) is 12.0 Å². The van der Waals surface area contributed by atoms with Crippen molar-refractivity contribution >= 4 is 50.0 Å². The molecule has 0 spiro atoms. The second-order valence-corrected chi connectivity index (χ2v) is 7.22. The summed E-state index contributed by atoms with van der Waals surface area (Å²) in [7, 11) is 0. The van der Waals surface area contributed by atoms with E-state index < -0.39 is 10.3 Å². The van der Waals surface area contributed by atoms with Gasteiger partial charge in [0.1, 0.15) is 0 Å². The number of halogens is 2. The van der Waals surface area contributed by atoms with E-state index in [0.717, 1.165) is 10.8 Å². The maximum absolute atomic E-state index is 12.3. The molecule has 0 aliphatic rings.